The number of rotatable bonds is 5. The third-order valence-electron chi connectivity index (χ3n) is 5.56. The van der Waals surface area contributed by atoms with Gasteiger partial charge in [-0.2, -0.15) is 0 Å². The smallest absolute Gasteiger partial charge is 0.295 e. The number of benzene rings is 1. The number of Topliss-reactive ketones (excluding diaryl/α,β-unsaturated/α-hetero) is 1. The van der Waals surface area contributed by atoms with Crippen LogP contribution in [0.2, 0.25) is 5.02 Å². The van der Waals surface area contributed by atoms with Crippen LogP contribution in [0.1, 0.15) is 17.2 Å². The van der Waals surface area contributed by atoms with Gasteiger partial charge in [0.2, 0.25) is 0 Å². The van der Waals surface area contributed by atoms with Gasteiger partial charge in [-0.05, 0) is 35.9 Å². The number of amides is 1. The number of likely N-dealkylation sites (tertiary alicyclic amines) is 1. The Hall–Kier alpha value is -2.74. The van der Waals surface area contributed by atoms with E-state index in [1.54, 1.807) is 47.6 Å². The lowest BCUT2D eigenvalue weighted by Crippen LogP contribution is -3.14. The minimum absolute atomic E-state index is 0.0762. The van der Waals surface area contributed by atoms with Gasteiger partial charge in [-0.3, -0.25) is 14.6 Å². The summed E-state index contributed by atoms with van der Waals surface area (Å²) in [6.07, 6.45) is 3.26. The van der Waals surface area contributed by atoms with E-state index >= 15 is 0 Å². The number of aliphatic hydroxyl groups excluding tert-OH is 1. The van der Waals surface area contributed by atoms with Gasteiger partial charge in [-0.15, -0.1) is 0 Å². The number of quaternary nitrogens is 1. The minimum Gasteiger partial charge on any atom is -0.507 e. The first-order valence-corrected chi connectivity index (χ1v) is 10.3. The summed E-state index contributed by atoms with van der Waals surface area (Å²) in [5, 5.41) is 11.5. The Bertz CT molecular complexity index is 956. The van der Waals surface area contributed by atoms with E-state index in [1.807, 2.05) is 6.07 Å². The molecule has 0 bridgehead atoms. The summed E-state index contributed by atoms with van der Waals surface area (Å²) in [4.78, 5) is 32.9. The first-order chi connectivity index (χ1) is 14.6. The number of halogens is 1. The van der Waals surface area contributed by atoms with Crippen molar-refractivity contribution in [3.05, 3.63) is 70.5 Å². The monoisotopic (exact) mass is 428 g/mol. The van der Waals surface area contributed by atoms with Crippen LogP contribution in [0.25, 0.3) is 5.76 Å². The zero-order chi connectivity index (χ0) is 21.1. The second kappa shape index (κ2) is 8.95. The third kappa shape index (κ3) is 4.09. The Morgan fingerprint density at radius 3 is 2.60 bits per heavy atom. The van der Waals surface area contributed by atoms with E-state index in [-0.39, 0.29) is 11.3 Å². The van der Waals surface area contributed by atoms with Gasteiger partial charge in [0.1, 0.15) is 18.8 Å². The molecule has 0 saturated carbocycles. The Balaban J connectivity index is 1.71. The molecule has 2 aliphatic rings. The fourth-order valence-electron chi connectivity index (χ4n) is 3.95. The van der Waals surface area contributed by atoms with Crippen molar-refractivity contribution >= 4 is 29.1 Å². The highest BCUT2D eigenvalue weighted by Gasteiger charge is 2.46. The molecule has 1 aromatic heterocycles. The van der Waals surface area contributed by atoms with Crippen LogP contribution in [-0.4, -0.2) is 66.1 Å². The molecule has 156 valence electrons. The van der Waals surface area contributed by atoms with Crippen LogP contribution in [0.4, 0.5) is 0 Å². The van der Waals surface area contributed by atoms with E-state index in [9.17, 15) is 14.7 Å². The van der Waals surface area contributed by atoms with E-state index in [2.05, 4.69) is 4.98 Å². The molecule has 8 heteroatoms. The number of carbonyl (C=O) groups excluding carboxylic acids is 2. The topological polar surface area (TPSA) is 84.2 Å². The number of pyridine rings is 1. The quantitative estimate of drug-likeness (QED) is 0.423. The molecule has 0 spiro atoms. The molecule has 0 radical (unpaired) electrons. The van der Waals surface area contributed by atoms with Gasteiger partial charge in [0, 0.05) is 23.0 Å². The molecule has 30 heavy (non-hydrogen) atoms. The Labute approximate surface area is 179 Å². The summed E-state index contributed by atoms with van der Waals surface area (Å²) >= 11 is 5.94. The average Bonchev–Trinajstić information content (AvgIpc) is 3.04. The number of hydrogen-bond donors (Lipinski definition) is 2. The van der Waals surface area contributed by atoms with Crippen molar-refractivity contribution in [2.24, 2.45) is 0 Å². The van der Waals surface area contributed by atoms with Gasteiger partial charge in [0.25, 0.3) is 11.7 Å². The number of nitrogens with zero attached hydrogens (tertiary/aromatic N) is 2. The molecule has 1 aromatic carbocycles. The summed E-state index contributed by atoms with van der Waals surface area (Å²) in [5.74, 6) is -1.50. The molecule has 2 aliphatic heterocycles. The lowest BCUT2D eigenvalue weighted by Gasteiger charge is -2.29. The number of ether oxygens (including phenoxy) is 1. The largest absolute Gasteiger partial charge is 0.507 e. The Morgan fingerprint density at radius 2 is 1.93 bits per heavy atom. The second-order valence-electron chi connectivity index (χ2n) is 7.40. The van der Waals surface area contributed by atoms with Gasteiger partial charge in [0.05, 0.1) is 37.9 Å². The summed E-state index contributed by atoms with van der Waals surface area (Å²) in [6, 6.07) is 9.40. The van der Waals surface area contributed by atoms with Crippen molar-refractivity contribution in [3.63, 3.8) is 0 Å². The summed E-state index contributed by atoms with van der Waals surface area (Å²) < 4.78 is 5.39. The molecule has 1 unspecified atom stereocenters. The number of aromatic nitrogens is 1. The van der Waals surface area contributed by atoms with Crippen molar-refractivity contribution < 1.29 is 24.3 Å². The summed E-state index contributed by atoms with van der Waals surface area (Å²) in [5.41, 5.74) is 1.20. The number of nitrogens with one attached hydrogen (secondary N) is 1. The lowest BCUT2D eigenvalue weighted by atomic mass is 9.96. The van der Waals surface area contributed by atoms with Gasteiger partial charge in [-0.1, -0.05) is 17.7 Å². The lowest BCUT2D eigenvalue weighted by molar-refractivity contribution is -0.907. The first kappa shape index (κ1) is 20.5. The van der Waals surface area contributed by atoms with Gasteiger partial charge in [0.15, 0.2) is 0 Å². The predicted octanol–water partition coefficient (Wildman–Crippen LogP) is 1.07. The first-order valence-electron chi connectivity index (χ1n) is 9.92. The molecule has 2 aromatic rings. The average molecular weight is 429 g/mol. The van der Waals surface area contributed by atoms with E-state index in [4.69, 9.17) is 16.3 Å². The number of morpholine rings is 1. The maximum atomic E-state index is 12.9. The molecule has 2 saturated heterocycles. The fraction of sp³-hybridized carbons (Fsp3) is 0.318. The van der Waals surface area contributed by atoms with E-state index in [0.29, 0.717) is 42.5 Å². The molecule has 3 heterocycles. The molecule has 2 N–H and O–H groups in total. The van der Waals surface area contributed by atoms with Crippen molar-refractivity contribution in [1.29, 1.82) is 0 Å². The number of ketones is 1. The second-order valence-corrected chi connectivity index (χ2v) is 7.83. The molecule has 7 nitrogen and oxygen atoms in total. The molecular weight excluding hydrogens is 406 g/mol. The zero-order valence-corrected chi connectivity index (χ0v) is 17.1. The van der Waals surface area contributed by atoms with Crippen LogP contribution in [0.3, 0.4) is 0 Å². The molecule has 1 amide bonds. The third-order valence-corrected chi connectivity index (χ3v) is 5.82. The highest BCUT2D eigenvalue weighted by Crippen LogP contribution is 2.38. The fourth-order valence-corrected chi connectivity index (χ4v) is 4.07. The Kier molecular flexibility index (Phi) is 6.13. The van der Waals surface area contributed by atoms with Crippen LogP contribution in [0.5, 0.6) is 0 Å². The normalized spacial score (nSPS) is 21.9. The van der Waals surface area contributed by atoms with Crippen LogP contribution in [0.15, 0.2) is 54.4 Å². The van der Waals surface area contributed by atoms with E-state index < -0.39 is 17.7 Å². The predicted molar refractivity (Wildman–Crippen MR) is 111 cm³/mol. The highest BCUT2D eigenvalue weighted by atomic mass is 35.5. The van der Waals surface area contributed by atoms with Crippen molar-refractivity contribution in [3.8, 4) is 0 Å². The van der Waals surface area contributed by atoms with Crippen LogP contribution < -0.4 is 4.90 Å². The van der Waals surface area contributed by atoms with E-state index in [0.717, 1.165) is 13.1 Å². The van der Waals surface area contributed by atoms with Crippen molar-refractivity contribution in [2.75, 3.05) is 39.4 Å². The maximum Gasteiger partial charge on any atom is 0.295 e. The standard InChI is InChI=1S/C22H22ClN3O4/c23-17-5-3-15(4-6-17)20(27)18-19(16-2-1-7-24-14-16)26(22(29)21(18)28)9-8-25-10-12-30-13-11-25/h1-7,14,19,27H,8-13H2/p+1. The summed E-state index contributed by atoms with van der Waals surface area (Å²) in [6.45, 7) is 4.22. The van der Waals surface area contributed by atoms with Gasteiger partial charge >= 0.3 is 0 Å². The highest BCUT2D eigenvalue weighted by molar-refractivity contribution is 6.46. The van der Waals surface area contributed by atoms with Gasteiger partial charge in [-0.25, -0.2) is 0 Å². The minimum atomic E-state index is -0.687. The molecular formula is C22H23ClN3O4+. The number of hydrogen-bond acceptors (Lipinski definition) is 5. The van der Waals surface area contributed by atoms with Crippen molar-refractivity contribution in [2.45, 2.75) is 6.04 Å². The van der Waals surface area contributed by atoms with Gasteiger partial charge < -0.3 is 19.6 Å². The summed E-state index contributed by atoms with van der Waals surface area (Å²) in [7, 11) is 0. The molecule has 2 fully saturated rings. The molecule has 1 atom stereocenters. The maximum absolute atomic E-state index is 12.9. The number of carbonyl (C=O) groups is 2. The SMILES string of the molecule is O=C1C(=O)N(CC[NH+]2CCOCC2)C(c2cccnc2)C1=C(O)c1ccc(Cl)cc1. The molecule has 4 rings (SSSR count). The van der Waals surface area contributed by atoms with Crippen LogP contribution in [-0.2, 0) is 14.3 Å². The molecule has 0 aliphatic carbocycles. The van der Waals surface area contributed by atoms with E-state index in [1.165, 1.54) is 4.90 Å². The van der Waals surface area contributed by atoms with Crippen LogP contribution >= 0.6 is 11.6 Å². The zero-order valence-electron chi connectivity index (χ0n) is 16.4. The van der Waals surface area contributed by atoms with Crippen LogP contribution in [0, 0.1) is 0 Å². The Morgan fingerprint density at radius 1 is 1.20 bits per heavy atom. The van der Waals surface area contributed by atoms with Crippen molar-refractivity contribution in [1.82, 2.24) is 9.88 Å². The number of aliphatic hydroxyl groups is 1.